The van der Waals surface area contributed by atoms with Gasteiger partial charge in [-0.3, -0.25) is 4.90 Å². The molecule has 0 radical (unpaired) electrons. The number of aromatic nitrogens is 1. The number of methoxy groups -OCH3 is 1. The molecule has 0 aromatic carbocycles. The van der Waals surface area contributed by atoms with Crippen LogP contribution < -0.4 is 4.74 Å². The zero-order valence-electron chi connectivity index (χ0n) is 12.6. The van der Waals surface area contributed by atoms with E-state index < -0.39 is 0 Å². The van der Waals surface area contributed by atoms with Gasteiger partial charge in [0.15, 0.2) is 0 Å². The van der Waals surface area contributed by atoms with E-state index in [0.29, 0.717) is 17.8 Å². The van der Waals surface area contributed by atoms with Gasteiger partial charge in [-0.1, -0.05) is 26.3 Å². The van der Waals surface area contributed by atoms with E-state index in [0.717, 1.165) is 5.69 Å². The summed E-state index contributed by atoms with van der Waals surface area (Å²) in [6.07, 6.45) is 3.90. The summed E-state index contributed by atoms with van der Waals surface area (Å²) >= 11 is 0. The molecule has 0 saturated carbocycles. The number of pyridine rings is 1. The fourth-order valence-electron chi connectivity index (χ4n) is 3.05. The lowest BCUT2D eigenvalue weighted by Crippen LogP contribution is -2.36. The van der Waals surface area contributed by atoms with Gasteiger partial charge >= 0.3 is 0 Å². The van der Waals surface area contributed by atoms with Gasteiger partial charge in [-0.05, 0) is 37.8 Å². The number of piperidine rings is 1. The van der Waals surface area contributed by atoms with Crippen LogP contribution in [0.2, 0.25) is 0 Å². The Kier molecular flexibility index (Phi) is 4.81. The summed E-state index contributed by atoms with van der Waals surface area (Å²) in [7, 11) is 1.67. The third-order valence-electron chi connectivity index (χ3n) is 3.88. The predicted molar refractivity (Wildman–Crippen MR) is 78.5 cm³/mol. The van der Waals surface area contributed by atoms with Gasteiger partial charge in [-0.2, -0.15) is 0 Å². The Bertz CT molecular complexity index is 417. The molecule has 2 rings (SSSR count). The lowest BCUT2D eigenvalue weighted by atomic mass is 9.93. The number of ether oxygens (including phenoxy) is 1. The van der Waals surface area contributed by atoms with Gasteiger partial charge in [0.1, 0.15) is 0 Å². The quantitative estimate of drug-likeness (QED) is 0.829. The summed E-state index contributed by atoms with van der Waals surface area (Å²) in [6.45, 7) is 9.08. The van der Waals surface area contributed by atoms with Crippen LogP contribution in [0, 0.1) is 12.8 Å². The van der Waals surface area contributed by atoms with Crippen molar-refractivity contribution in [1.29, 1.82) is 0 Å². The molecule has 0 bridgehead atoms. The molecule has 3 nitrogen and oxygen atoms in total. The van der Waals surface area contributed by atoms with E-state index in [4.69, 9.17) is 4.74 Å². The molecule has 2 heterocycles. The Morgan fingerprint density at radius 3 is 2.79 bits per heavy atom. The van der Waals surface area contributed by atoms with Crippen LogP contribution in [0.3, 0.4) is 0 Å². The number of hydrogen-bond donors (Lipinski definition) is 0. The first kappa shape index (κ1) is 14.3. The maximum Gasteiger partial charge on any atom is 0.213 e. The molecule has 0 N–H and O–H groups in total. The van der Waals surface area contributed by atoms with Crippen LogP contribution >= 0.6 is 0 Å². The van der Waals surface area contributed by atoms with Crippen molar-refractivity contribution in [2.75, 3.05) is 20.2 Å². The van der Waals surface area contributed by atoms with Gasteiger partial charge in [0, 0.05) is 24.3 Å². The van der Waals surface area contributed by atoms with Crippen molar-refractivity contribution >= 4 is 0 Å². The maximum atomic E-state index is 5.20. The van der Waals surface area contributed by atoms with Crippen LogP contribution in [0.15, 0.2) is 12.1 Å². The molecule has 1 aliphatic heterocycles. The molecule has 1 aromatic rings. The Balaban J connectivity index is 2.21. The van der Waals surface area contributed by atoms with Crippen molar-refractivity contribution in [2.24, 2.45) is 5.92 Å². The largest absolute Gasteiger partial charge is 0.481 e. The highest BCUT2D eigenvalue weighted by Crippen LogP contribution is 2.33. The third-order valence-corrected chi connectivity index (χ3v) is 3.88. The molecule has 106 valence electrons. The third kappa shape index (κ3) is 3.47. The van der Waals surface area contributed by atoms with Crippen molar-refractivity contribution in [3.63, 3.8) is 0 Å². The molecule has 0 amide bonds. The minimum absolute atomic E-state index is 0.537. The summed E-state index contributed by atoms with van der Waals surface area (Å²) in [5, 5.41) is 0. The highest BCUT2D eigenvalue weighted by molar-refractivity contribution is 5.28. The molecule has 1 saturated heterocycles. The van der Waals surface area contributed by atoms with E-state index in [2.05, 4.69) is 36.7 Å². The standard InChI is InChI=1S/C16H26N2O/c1-12(2)11-18-10-6-5-7-15(18)14-8-9-16(19-4)17-13(14)3/h8-9,12,15H,5-7,10-11H2,1-4H3. The number of aryl methyl sites for hydroxylation is 1. The SMILES string of the molecule is COc1ccc(C2CCCCN2CC(C)C)c(C)n1. The van der Waals surface area contributed by atoms with Gasteiger partial charge in [0.25, 0.3) is 0 Å². The Hall–Kier alpha value is -1.09. The van der Waals surface area contributed by atoms with E-state index in [1.54, 1.807) is 7.11 Å². The fraction of sp³-hybridized carbons (Fsp3) is 0.688. The second-order valence-corrected chi connectivity index (χ2v) is 5.93. The molecule has 3 heteroatoms. The molecule has 1 aliphatic rings. The number of hydrogen-bond acceptors (Lipinski definition) is 3. The molecule has 1 atom stereocenters. The Labute approximate surface area is 117 Å². The van der Waals surface area contributed by atoms with Crippen LogP contribution in [0.4, 0.5) is 0 Å². The average molecular weight is 262 g/mol. The summed E-state index contributed by atoms with van der Waals surface area (Å²) in [5.74, 6) is 1.43. The van der Waals surface area contributed by atoms with E-state index in [-0.39, 0.29) is 0 Å². The highest BCUT2D eigenvalue weighted by atomic mass is 16.5. The zero-order chi connectivity index (χ0) is 13.8. The van der Waals surface area contributed by atoms with Crippen LogP contribution in [-0.4, -0.2) is 30.1 Å². The van der Waals surface area contributed by atoms with Crippen LogP contribution in [0.25, 0.3) is 0 Å². The first-order valence-electron chi connectivity index (χ1n) is 7.37. The van der Waals surface area contributed by atoms with Crippen LogP contribution in [0.5, 0.6) is 5.88 Å². The smallest absolute Gasteiger partial charge is 0.213 e. The lowest BCUT2D eigenvalue weighted by Gasteiger charge is -2.37. The van der Waals surface area contributed by atoms with Crippen molar-refractivity contribution in [2.45, 2.75) is 46.1 Å². The highest BCUT2D eigenvalue weighted by Gasteiger charge is 2.25. The van der Waals surface area contributed by atoms with Crippen molar-refractivity contribution in [3.05, 3.63) is 23.4 Å². The lowest BCUT2D eigenvalue weighted by molar-refractivity contribution is 0.131. The molecule has 1 aromatic heterocycles. The first-order valence-corrected chi connectivity index (χ1v) is 7.37. The van der Waals surface area contributed by atoms with E-state index in [1.807, 2.05) is 6.07 Å². The van der Waals surface area contributed by atoms with Gasteiger partial charge in [-0.25, -0.2) is 4.98 Å². The number of rotatable bonds is 4. The zero-order valence-corrected chi connectivity index (χ0v) is 12.6. The predicted octanol–water partition coefficient (Wildman–Crippen LogP) is 3.58. The fourth-order valence-corrected chi connectivity index (χ4v) is 3.05. The van der Waals surface area contributed by atoms with Crippen LogP contribution in [0.1, 0.15) is 50.4 Å². The summed E-state index contributed by atoms with van der Waals surface area (Å²) in [6, 6.07) is 4.73. The van der Waals surface area contributed by atoms with Gasteiger partial charge in [-0.15, -0.1) is 0 Å². The maximum absolute atomic E-state index is 5.20. The van der Waals surface area contributed by atoms with Crippen molar-refractivity contribution in [3.8, 4) is 5.88 Å². The summed E-state index contributed by atoms with van der Waals surface area (Å²) in [4.78, 5) is 7.16. The molecule has 19 heavy (non-hydrogen) atoms. The number of likely N-dealkylation sites (tertiary alicyclic amines) is 1. The number of nitrogens with zero attached hydrogens (tertiary/aromatic N) is 2. The molecule has 0 aliphatic carbocycles. The minimum Gasteiger partial charge on any atom is -0.481 e. The summed E-state index contributed by atoms with van der Waals surface area (Å²) < 4.78 is 5.20. The topological polar surface area (TPSA) is 25.4 Å². The van der Waals surface area contributed by atoms with Crippen molar-refractivity contribution < 1.29 is 4.74 Å². The molecule has 1 unspecified atom stereocenters. The monoisotopic (exact) mass is 262 g/mol. The van der Waals surface area contributed by atoms with E-state index in [1.165, 1.54) is 37.9 Å². The minimum atomic E-state index is 0.537. The molecule has 0 spiro atoms. The normalized spacial score (nSPS) is 20.8. The van der Waals surface area contributed by atoms with E-state index >= 15 is 0 Å². The first-order chi connectivity index (χ1) is 9.11. The second-order valence-electron chi connectivity index (χ2n) is 5.93. The average Bonchev–Trinajstić information content (AvgIpc) is 2.39. The van der Waals surface area contributed by atoms with E-state index in [9.17, 15) is 0 Å². The van der Waals surface area contributed by atoms with Gasteiger partial charge in [0.2, 0.25) is 5.88 Å². The van der Waals surface area contributed by atoms with Gasteiger partial charge < -0.3 is 4.74 Å². The molecular formula is C16H26N2O. The Morgan fingerprint density at radius 1 is 1.37 bits per heavy atom. The Morgan fingerprint density at radius 2 is 2.16 bits per heavy atom. The second kappa shape index (κ2) is 6.38. The van der Waals surface area contributed by atoms with Crippen LogP contribution in [-0.2, 0) is 0 Å². The molecule has 1 fully saturated rings. The molecular weight excluding hydrogens is 236 g/mol. The summed E-state index contributed by atoms with van der Waals surface area (Å²) in [5.41, 5.74) is 2.49. The van der Waals surface area contributed by atoms with Gasteiger partial charge in [0.05, 0.1) is 7.11 Å². The van der Waals surface area contributed by atoms with Crippen molar-refractivity contribution in [1.82, 2.24) is 9.88 Å².